The van der Waals surface area contributed by atoms with E-state index in [1.54, 1.807) is 19.9 Å². The number of carbonyl (C=O) groups excluding carboxylic acids is 1. The van der Waals surface area contributed by atoms with Crippen LogP contribution in [0.4, 0.5) is 0 Å². The average molecular weight is 288 g/mol. The molecule has 0 unspecified atom stereocenters. The highest BCUT2D eigenvalue weighted by molar-refractivity contribution is 9.10. The number of aliphatic hydroxyl groups is 1. The Morgan fingerprint density at radius 3 is 2.69 bits per heavy atom. The van der Waals surface area contributed by atoms with E-state index < -0.39 is 11.4 Å². The highest BCUT2D eigenvalue weighted by atomic mass is 79.9. The molecule has 0 heterocycles. The molecule has 3 N–H and O–H groups in total. The monoisotopic (exact) mass is 287 g/mol. The van der Waals surface area contributed by atoms with E-state index in [2.05, 4.69) is 21.2 Å². The quantitative estimate of drug-likeness (QED) is 0.792. The highest BCUT2D eigenvalue weighted by Crippen LogP contribution is 2.22. The number of amides is 1. The Labute approximate surface area is 102 Å². The third kappa shape index (κ3) is 3.21. The summed E-state index contributed by atoms with van der Waals surface area (Å²) in [5, 5.41) is 21.2. The summed E-state index contributed by atoms with van der Waals surface area (Å²) in [7, 11) is 0. The van der Waals surface area contributed by atoms with E-state index in [1.807, 2.05) is 0 Å². The van der Waals surface area contributed by atoms with Gasteiger partial charge in [0.2, 0.25) is 0 Å². The Bertz CT molecular complexity index is 404. The van der Waals surface area contributed by atoms with Gasteiger partial charge in [-0.3, -0.25) is 4.79 Å². The van der Waals surface area contributed by atoms with Gasteiger partial charge in [0.1, 0.15) is 5.75 Å². The number of phenolic OH excluding ortho intramolecular Hbond substituents is 1. The lowest BCUT2D eigenvalue weighted by Gasteiger charge is -2.23. The van der Waals surface area contributed by atoms with Crippen LogP contribution in [0.1, 0.15) is 24.2 Å². The number of aromatic hydroxyl groups is 1. The molecular weight excluding hydrogens is 274 g/mol. The van der Waals surface area contributed by atoms with Gasteiger partial charge in [-0.15, -0.1) is 0 Å². The molecule has 0 bridgehead atoms. The lowest BCUT2D eigenvalue weighted by molar-refractivity contribution is 0.0866. The van der Waals surface area contributed by atoms with Gasteiger partial charge in [-0.05, 0) is 32.0 Å². The first kappa shape index (κ1) is 13.0. The minimum Gasteiger partial charge on any atom is -0.507 e. The van der Waals surface area contributed by atoms with Gasteiger partial charge in [-0.25, -0.2) is 0 Å². The molecule has 0 aromatic heterocycles. The summed E-state index contributed by atoms with van der Waals surface area (Å²) in [4.78, 5) is 11.8. The predicted octanol–water partition coefficient (Wildman–Crippen LogP) is 1.66. The van der Waals surface area contributed by atoms with Gasteiger partial charge < -0.3 is 15.5 Å². The van der Waals surface area contributed by atoms with E-state index in [0.717, 1.165) is 0 Å². The number of nitrogens with one attached hydrogen (secondary N) is 1. The Morgan fingerprint density at radius 1 is 1.50 bits per heavy atom. The van der Waals surface area contributed by atoms with Crippen LogP contribution >= 0.6 is 15.9 Å². The van der Waals surface area contributed by atoms with E-state index in [4.69, 9.17) is 5.11 Å². The van der Waals surface area contributed by atoms with Gasteiger partial charge >= 0.3 is 0 Å². The number of rotatable bonds is 3. The Hall–Kier alpha value is -1.07. The maximum Gasteiger partial charge on any atom is 0.255 e. The largest absolute Gasteiger partial charge is 0.507 e. The molecule has 0 fully saturated rings. The lowest BCUT2D eigenvalue weighted by atomic mass is 10.1. The number of aliphatic hydroxyl groups excluding tert-OH is 1. The summed E-state index contributed by atoms with van der Waals surface area (Å²) in [6, 6.07) is 4.60. The van der Waals surface area contributed by atoms with Crippen LogP contribution in [-0.4, -0.2) is 28.3 Å². The van der Waals surface area contributed by atoms with Gasteiger partial charge in [-0.1, -0.05) is 15.9 Å². The van der Waals surface area contributed by atoms with Gasteiger partial charge in [-0.2, -0.15) is 0 Å². The molecule has 5 heteroatoms. The third-order valence-electron chi connectivity index (χ3n) is 2.05. The maximum absolute atomic E-state index is 11.8. The predicted molar refractivity (Wildman–Crippen MR) is 64.4 cm³/mol. The summed E-state index contributed by atoms with van der Waals surface area (Å²) in [5.41, 5.74) is -0.540. The SMILES string of the molecule is CC(C)(CO)NC(=O)c1cc(Br)ccc1O. The molecule has 0 saturated heterocycles. The van der Waals surface area contributed by atoms with Crippen molar-refractivity contribution in [1.29, 1.82) is 0 Å². The molecule has 0 spiro atoms. The van der Waals surface area contributed by atoms with Crippen LogP contribution < -0.4 is 5.32 Å². The van der Waals surface area contributed by atoms with Gasteiger partial charge in [0, 0.05) is 4.47 Å². The second kappa shape index (κ2) is 4.84. The molecule has 1 amide bonds. The normalized spacial score (nSPS) is 11.2. The van der Waals surface area contributed by atoms with Crippen molar-refractivity contribution in [2.45, 2.75) is 19.4 Å². The number of hydrogen-bond acceptors (Lipinski definition) is 3. The maximum atomic E-state index is 11.8. The van der Waals surface area contributed by atoms with Crippen molar-refractivity contribution >= 4 is 21.8 Å². The van der Waals surface area contributed by atoms with E-state index in [9.17, 15) is 9.90 Å². The van der Waals surface area contributed by atoms with Crippen LogP contribution in [-0.2, 0) is 0 Å². The first-order valence-corrected chi connectivity index (χ1v) is 5.57. The summed E-state index contributed by atoms with van der Waals surface area (Å²) in [6.07, 6.45) is 0. The molecule has 1 rings (SSSR count). The molecule has 0 aliphatic rings. The molecule has 0 aliphatic heterocycles. The summed E-state index contributed by atoms with van der Waals surface area (Å²) in [5.74, 6) is -0.507. The highest BCUT2D eigenvalue weighted by Gasteiger charge is 2.21. The standard InChI is InChI=1S/C11H14BrNO3/c1-11(2,6-14)13-10(16)8-5-7(12)3-4-9(8)15/h3-5,14-15H,6H2,1-2H3,(H,13,16). The van der Waals surface area contributed by atoms with Gasteiger partial charge in [0.15, 0.2) is 0 Å². The van der Waals surface area contributed by atoms with Crippen LogP contribution in [0.25, 0.3) is 0 Å². The van der Waals surface area contributed by atoms with Crippen molar-refractivity contribution in [3.8, 4) is 5.75 Å². The first-order valence-electron chi connectivity index (χ1n) is 4.77. The van der Waals surface area contributed by atoms with Crippen molar-refractivity contribution < 1.29 is 15.0 Å². The molecular formula is C11H14BrNO3. The van der Waals surface area contributed by atoms with Crippen LogP contribution in [0.3, 0.4) is 0 Å². The van der Waals surface area contributed by atoms with Crippen molar-refractivity contribution in [3.05, 3.63) is 28.2 Å². The van der Waals surface area contributed by atoms with Crippen molar-refractivity contribution in [3.63, 3.8) is 0 Å². The Balaban J connectivity index is 2.93. The fourth-order valence-electron chi connectivity index (χ4n) is 1.10. The van der Waals surface area contributed by atoms with Gasteiger partial charge in [0.05, 0.1) is 17.7 Å². The van der Waals surface area contributed by atoms with Crippen LogP contribution in [0.5, 0.6) is 5.75 Å². The molecule has 0 atom stereocenters. The molecule has 0 saturated carbocycles. The zero-order valence-electron chi connectivity index (χ0n) is 9.12. The lowest BCUT2D eigenvalue weighted by Crippen LogP contribution is -2.46. The summed E-state index contributed by atoms with van der Waals surface area (Å²) < 4.78 is 0.706. The second-order valence-electron chi connectivity index (χ2n) is 4.16. The number of carbonyl (C=O) groups is 1. The zero-order valence-corrected chi connectivity index (χ0v) is 10.7. The molecule has 0 aliphatic carbocycles. The van der Waals surface area contributed by atoms with E-state index in [-0.39, 0.29) is 17.9 Å². The minimum atomic E-state index is -0.716. The zero-order chi connectivity index (χ0) is 12.3. The number of benzene rings is 1. The van der Waals surface area contributed by atoms with Crippen molar-refractivity contribution in [2.75, 3.05) is 6.61 Å². The van der Waals surface area contributed by atoms with Crippen LogP contribution in [0.2, 0.25) is 0 Å². The molecule has 1 aromatic carbocycles. The van der Waals surface area contributed by atoms with E-state index >= 15 is 0 Å². The number of hydrogen-bond donors (Lipinski definition) is 3. The Morgan fingerprint density at radius 2 is 2.12 bits per heavy atom. The topological polar surface area (TPSA) is 69.6 Å². The average Bonchev–Trinajstić information content (AvgIpc) is 2.21. The van der Waals surface area contributed by atoms with E-state index in [1.165, 1.54) is 12.1 Å². The van der Waals surface area contributed by atoms with E-state index in [0.29, 0.717) is 4.47 Å². The number of halogens is 1. The third-order valence-corrected chi connectivity index (χ3v) is 2.54. The molecule has 88 valence electrons. The number of phenols is 1. The molecule has 16 heavy (non-hydrogen) atoms. The van der Waals surface area contributed by atoms with Crippen LogP contribution in [0.15, 0.2) is 22.7 Å². The van der Waals surface area contributed by atoms with Crippen molar-refractivity contribution in [2.24, 2.45) is 0 Å². The minimum absolute atomic E-state index is 0.0885. The van der Waals surface area contributed by atoms with Gasteiger partial charge in [0.25, 0.3) is 5.91 Å². The molecule has 4 nitrogen and oxygen atoms in total. The summed E-state index contributed by atoms with van der Waals surface area (Å²) in [6.45, 7) is 3.22. The van der Waals surface area contributed by atoms with Crippen LogP contribution in [0, 0.1) is 0 Å². The van der Waals surface area contributed by atoms with Crippen molar-refractivity contribution in [1.82, 2.24) is 5.32 Å². The second-order valence-corrected chi connectivity index (χ2v) is 5.07. The Kier molecular flexibility index (Phi) is 3.93. The fraction of sp³-hybridized carbons (Fsp3) is 0.364. The molecule has 1 aromatic rings. The first-order chi connectivity index (χ1) is 7.35. The fourth-order valence-corrected chi connectivity index (χ4v) is 1.47. The summed E-state index contributed by atoms with van der Waals surface area (Å²) >= 11 is 3.22. The smallest absolute Gasteiger partial charge is 0.255 e. The molecule has 0 radical (unpaired) electrons.